The molecule has 0 bridgehead atoms. The molecule has 2 fully saturated rings. The second-order valence-corrected chi connectivity index (χ2v) is 4.58. The van der Waals surface area contributed by atoms with Crippen molar-refractivity contribution in [2.45, 2.75) is 38.5 Å². The van der Waals surface area contributed by atoms with E-state index in [4.69, 9.17) is 0 Å². The average Bonchev–Trinajstić information content (AvgIpc) is 2.23. The molecular weight excluding hydrogens is 176 g/mol. The minimum Gasteiger partial charge on any atom is -0.318 e. The first kappa shape index (κ1) is 9.97. The molecule has 2 rings (SSSR count). The second kappa shape index (κ2) is 4.78. The van der Waals surface area contributed by atoms with Gasteiger partial charge in [0.15, 0.2) is 6.67 Å². The van der Waals surface area contributed by atoms with Crippen LogP contribution >= 0.6 is 0 Å². The maximum Gasteiger partial charge on any atom is 0.226 e. The summed E-state index contributed by atoms with van der Waals surface area (Å²) < 4.78 is 0. The number of likely N-dealkylation sites (tertiary alicyclic amines) is 2. The number of amides is 1. The van der Waals surface area contributed by atoms with E-state index in [-0.39, 0.29) is 0 Å². The van der Waals surface area contributed by atoms with Crippen molar-refractivity contribution in [1.82, 2.24) is 4.90 Å². The van der Waals surface area contributed by atoms with Gasteiger partial charge in [-0.2, -0.15) is 0 Å². The highest BCUT2D eigenvalue weighted by Crippen LogP contribution is 2.08. The number of rotatable bonds is 2. The largest absolute Gasteiger partial charge is 0.318 e. The van der Waals surface area contributed by atoms with Gasteiger partial charge < -0.3 is 4.90 Å². The number of piperidine rings is 2. The summed E-state index contributed by atoms with van der Waals surface area (Å²) in [7, 11) is 0. The maximum atomic E-state index is 11.6. The third-order valence-corrected chi connectivity index (χ3v) is 3.40. The number of hydrogen-bond donors (Lipinski definition) is 1. The zero-order valence-corrected chi connectivity index (χ0v) is 8.93. The average molecular weight is 197 g/mol. The van der Waals surface area contributed by atoms with E-state index in [0.29, 0.717) is 5.91 Å². The number of hydrogen-bond acceptors (Lipinski definition) is 1. The molecule has 3 heteroatoms. The van der Waals surface area contributed by atoms with Gasteiger partial charge in [-0.15, -0.1) is 0 Å². The second-order valence-electron chi connectivity index (χ2n) is 4.58. The molecular formula is C11H21N2O+. The van der Waals surface area contributed by atoms with Gasteiger partial charge in [-0.1, -0.05) is 0 Å². The Morgan fingerprint density at radius 1 is 1.07 bits per heavy atom. The fraction of sp³-hybridized carbons (Fsp3) is 0.909. The fourth-order valence-corrected chi connectivity index (χ4v) is 2.51. The molecule has 0 aliphatic carbocycles. The zero-order chi connectivity index (χ0) is 9.80. The first-order valence-electron chi connectivity index (χ1n) is 5.97. The lowest BCUT2D eigenvalue weighted by atomic mass is 10.1. The number of carbonyl (C=O) groups is 1. The van der Waals surface area contributed by atoms with Gasteiger partial charge in [-0.3, -0.25) is 9.69 Å². The van der Waals surface area contributed by atoms with Crippen molar-refractivity contribution in [1.29, 1.82) is 0 Å². The fourth-order valence-electron chi connectivity index (χ4n) is 2.51. The van der Waals surface area contributed by atoms with Crippen molar-refractivity contribution < 1.29 is 9.69 Å². The van der Waals surface area contributed by atoms with Crippen molar-refractivity contribution in [2.24, 2.45) is 0 Å². The summed E-state index contributed by atoms with van der Waals surface area (Å²) in [5.41, 5.74) is 0. The minimum atomic E-state index is 0.384. The molecule has 0 aromatic heterocycles. The smallest absolute Gasteiger partial charge is 0.226 e. The van der Waals surface area contributed by atoms with E-state index < -0.39 is 0 Å². The summed E-state index contributed by atoms with van der Waals surface area (Å²) >= 11 is 0. The summed E-state index contributed by atoms with van der Waals surface area (Å²) in [5, 5.41) is 0. The molecule has 1 amide bonds. The standard InChI is InChI=1S/C11H20N2O/c14-11-6-2-5-9-13(11)10-12-7-3-1-4-8-12/h1-10H2/p+1. The highest BCUT2D eigenvalue weighted by molar-refractivity contribution is 5.76. The van der Waals surface area contributed by atoms with Crippen LogP contribution in [0.1, 0.15) is 38.5 Å². The van der Waals surface area contributed by atoms with Crippen LogP contribution in [0.4, 0.5) is 0 Å². The predicted octanol–water partition coefficient (Wildman–Crippen LogP) is 0.0252. The molecule has 1 N–H and O–H groups in total. The van der Waals surface area contributed by atoms with Crippen LogP contribution in [-0.4, -0.2) is 37.1 Å². The molecule has 0 aromatic rings. The molecule has 2 aliphatic rings. The summed E-state index contributed by atoms with van der Waals surface area (Å²) in [4.78, 5) is 15.3. The number of quaternary nitrogens is 1. The van der Waals surface area contributed by atoms with Crippen molar-refractivity contribution in [3.63, 3.8) is 0 Å². The van der Waals surface area contributed by atoms with Crippen LogP contribution in [0.2, 0.25) is 0 Å². The van der Waals surface area contributed by atoms with Gasteiger partial charge in [-0.25, -0.2) is 0 Å². The summed E-state index contributed by atoms with van der Waals surface area (Å²) in [5.74, 6) is 0.384. The molecule has 80 valence electrons. The minimum absolute atomic E-state index is 0.384. The zero-order valence-electron chi connectivity index (χ0n) is 8.93. The van der Waals surface area contributed by atoms with E-state index in [1.807, 2.05) is 0 Å². The Labute approximate surface area is 86.1 Å². The Bertz CT molecular complexity index is 199. The van der Waals surface area contributed by atoms with Gasteiger partial charge in [0.05, 0.1) is 13.1 Å². The van der Waals surface area contributed by atoms with Gasteiger partial charge in [-0.05, 0) is 32.1 Å². The number of nitrogens with zero attached hydrogens (tertiary/aromatic N) is 1. The van der Waals surface area contributed by atoms with E-state index in [1.54, 1.807) is 4.90 Å². The van der Waals surface area contributed by atoms with Crippen LogP contribution in [0.15, 0.2) is 0 Å². The van der Waals surface area contributed by atoms with Crippen molar-refractivity contribution in [3.8, 4) is 0 Å². The Kier molecular flexibility index (Phi) is 3.40. The monoisotopic (exact) mass is 197 g/mol. The maximum absolute atomic E-state index is 11.6. The lowest BCUT2D eigenvalue weighted by Gasteiger charge is -2.32. The molecule has 3 nitrogen and oxygen atoms in total. The number of nitrogens with one attached hydrogen (secondary N) is 1. The van der Waals surface area contributed by atoms with E-state index in [1.165, 1.54) is 38.8 Å². The summed E-state index contributed by atoms with van der Waals surface area (Å²) in [6.07, 6.45) is 7.17. The van der Waals surface area contributed by atoms with Gasteiger partial charge in [0, 0.05) is 13.0 Å². The molecule has 0 atom stereocenters. The SMILES string of the molecule is O=C1CCCCN1C[NH+]1CCCCC1. The molecule has 0 spiro atoms. The Morgan fingerprint density at radius 3 is 2.57 bits per heavy atom. The van der Waals surface area contributed by atoms with Crippen LogP contribution in [-0.2, 0) is 4.79 Å². The van der Waals surface area contributed by atoms with Crippen molar-refractivity contribution >= 4 is 5.91 Å². The first-order valence-corrected chi connectivity index (χ1v) is 5.97. The van der Waals surface area contributed by atoms with E-state index in [0.717, 1.165) is 26.1 Å². The molecule has 14 heavy (non-hydrogen) atoms. The molecule has 0 unspecified atom stereocenters. The third kappa shape index (κ3) is 2.47. The summed E-state index contributed by atoms with van der Waals surface area (Å²) in [6, 6.07) is 0. The quantitative estimate of drug-likeness (QED) is 0.663. The van der Waals surface area contributed by atoms with Crippen LogP contribution < -0.4 is 4.90 Å². The van der Waals surface area contributed by atoms with Crippen LogP contribution in [0.25, 0.3) is 0 Å². The molecule has 0 radical (unpaired) electrons. The molecule has 2 aliphatic heterocycles. The van der Waals surface area contributed by atoms with Gasteiger partial charge in [0.25, 0.3) is 0 Å². The Balaban J connectivity index is 1.79. The van der Waals surface area contributed by atoms with Crippen LogP contribution in [0, 0.1) is 0 Å². The van der Waals surface area contributed by atoms with Gasteiger partial charge in [0.1, 0.15) is 0 Å². The Hall–Kier alpha value is -0.570. The van der Waals surface area contributed by atoms with E-state index in [2.05, 4.69) is 4.90 Å². The van der Waals surface area contributed by atoms with Crippen LogP contribution in [0.3, 0.4) is 0 Å². The van der Waals surface area contributed by atoms with Crippen molar-refractivity contribution in [2.75, 3.05) is 26.3 Å². The lowest BCUT2D eigenvalue weighted by molar-refractivity contribution is -0.913. The van der Waals surface area contributed by atoms with Gasteiger partial charge >= 0.3 is 0 Å². The predicted molar refractivity (Wildman–Crippen MR) is 55.0 cm³/mol. The molecule has 2 heterocycles. The van der Waals surface area contributed by atoms with E-state index >= 15 is 0 Å². The summed E-state index contributed by atoms with van der Waals surface area (Å²) in [6.45, 7) is 4.51. The Morgan fingerprint density at radius 2 is 1.86 bits per heavy atom. The van der Waals surface area contributed by atoms with Crippen molar-refractivity contribution in [3.05, 3.63) is 0 Å². The van der Waals surface area contributed by atoms with E-state index in [9.17, 15) is 4.79 Å². The third-order valence-electron chi connectivity index (χ3n) is 3.40. The lowest BCUT2D eigenvalue weighted by Crippen LogP contribution is -3.14. The normalized spacial score (nSPS) is 25.4. The topological polar surface area (TPSA) is 24.8 Å². The van der Waals surface area contributed by atoms with Crippen LogP contribution in [0.5, 0.6) is 0 Å². The number of carbonyl (C=O) groups excluding carboxylic acids is 1. The molecule has 0 saturated carbocycles. The molecule has 2 saturated heterocycles. The highest BCUT2D eigenvalue weighted by Gasteiger charge is 2.23. The first-order chi connectivity index (χ1) is 6.86. The van der Waals surface area contributed by atoms with Gasteiger partial charge in [0.2, 0.25) is 5.91 Å². The highest BCUT2D eigenvalue weighted by atomic mass is 16.2. The molecule has 0 aromatic carbocycles.